The zero-order chi connectivity index (χ0) is 15.3. The van der Waals surface area contributed by atoms with Crippen LogP contribution in [0.3, 0.4) is 0 Å². The van der Waals surface area contributed by atoms with Gasteiger partial charge in [-0.25, -0.2) is 4.98 Å². The van der Waals surface area contributed by atoms with Crippen LogP contribution in [0.15, 0.2) is 30.7 Å². The summed E-state index contributed by atoms with van der Waals surface area (Å²) in [5, 5.41) is 12.0. The molecular weight excluding hydrogens is 339 g/mol. The van der Waals surface area contributed by atoms with Gasteiger partial charge >= 0.3 is 0 Å². The van der Waals surface area contributed by atoms with Crippen LogP contribution in [0.2, 0.25) is 10.0 Å². The first-order valence-electron chi connectivity index (χ1n) is 7.20. The Hall–Kier alpha value is -1.07. The maximum Gasteiger partial charge on any atom is 0.120 e. The number of fused-ring (bicyclic) bond motifs is 1. The molecule has 3 nitrogen and oxygen atoms in total. The molecule has 1 aliphatic carbocycles. The molecule has 0 bridgehead atoms. The van der Waals surface area contributed by atoms with E-state index in [0.717, 1.165) is 16.1 Å². The van der Waals surface area contributed by atoms with E-state index < -0.39 is 6.10 Å². The number of aliphatic hydroxyl groups is 1. The van der Waals surface area contributed by atoms with Crippen LogP contribution in [0.5, 0.6) is 0 Å². The Morgan fingerprint density at radius 2 is 2.05 bits per heavy atom. The summed E-state index contributed by atoms with van der Waals surface area (Å²) < 4.78 is 1.99. The van der Waals surface area contributed by atoms with Gasteiger partial charge in [-0.2, -0.15) is 0 Å². The standard InChI is InChI=1S/C16H14Cl2N2OS/c17-11-2-1-3-12(18)10(11)6-13(21)15-16(9-4-5-9)22-14-7-19-8-20(14)15/h1-3,7-9,13,21H,4-6H2. The number of rotatable bonds is 4. The average molecular weight is 353 g/mol. The van der Waals surface area contributed by atoms with Gasteiger partial charge in [0, 0.05) is 21.3 Å². The van der Waals surface area contributed by atoms with Gasteiger partial charge in [-0.3, -0.25) is 4.40 Å². The van der Waals surface area contributed by atoms with Crippen molar-refractivity contribution in [3.63, 3.8) is 0 Å². The summed E-state index contributed by atoms with van der Waals surface area (Å²) in [5.41, 5.74) is 1.73. The molecule has 0 radical (unpaired) electrons. The molecule has 22 heavy (non-hydrogen) atoms. The number of halogens is 2. The van der Waals surface area contributed by atoms with Gasteiger partial charge in [0.05, 0.1) is 18.0 Å². The van der Waals surface area contributed by atoms with E-state index in [1.165, 1.54) is 17.7 Å². The molecule has 2 heterocycles. The van der Waals surface area contributed by atoms with Gasteiger partial charge in [-0.15, -0.1) is 11.3 Å². The summed E-state index contributed by atoms with van der Waals surface area (Å²) >= 11 is 14.2. The van der Waals surface area contributed by atoms with E-state index in [0.29, 0.717) is 22.4 Å². The molecule has 4 rings (SSSR count). The average Bonchev–Trinajstić information content (AvgIpc) is 3.12. The quantitative estimate of drug-likeness (QED) is 0.728. The summed E-state index contributed by atoms with van der Waals surface area (Å²) in [6.45, 7) is 0. The van der Waals surface area contributed by atoms with Crippen LogP contribution in [0.25, 0.3) is 4.83 Å². The molecule has 1 aliphatic rings. The minimum Gasteiger partial charge on any atom is -0.386 e. The zero-order valence-corrected chi connectivity index (χ0v) is 14.0. The molecule has 114 valence electrons. The fraction of sp³-hybridized carbons (Fsp3) is 0.312. The minimum absolute atomic E-state index is 0.405. The zero-order valence-electron chi connectivity index (χ0n) is 11.7. The van der Waals surface area contributed by atoms with Gasteiger partial charge in [0.25, 0.3) is 0 Å². The van der Waals surface area contributed by atoms with Gasteiger partial charge < -0.3 is 5.11 Å². The van der Waals surface area contributed by atoms with Crippen molar-refractivity contribution in [1.29, 1.82) is 0 Å². The summed E-state index contributed by atoms with van der Waals surface area (Å²) in [7, 11) is 0. The molecule has 1 N–H and O–H groups in total. The Morgan fingerprint density at radius 3 is 2.73 bits per heavy atom. The van der Waals surface area contributed by atoms with E-state index in [1.807, 2.05) is 16.7 Å². The molecule has 1 aromatic carbocycles. The van der Waals surface area contributed by atoms with E-state index >= 15 is 0 Å². The summed E-state index contributed by atoms with van der Waals surface area (Å²) in [4.78, 5) is 6.52. The molecule has 1 unspecified atom stereocenters. The van der Waals surface area contributed by atoms with Crippen LogP contribution >= 0.6 is 34.5 Å². The van der Waals surface area contributed by atoms with Crippen molar-refractivity contribution in [2.45, 2.75) is 31.3 Å². The molecule has 0 aliphatic heterocycles. The number of benzene rings is 1. The fourth-order valence-corrected chi connectivity index (χ4v) is 4.68. The van der Waals surface area contributed by atoms with Crippen molar-refractivity contribution in [1.82, 2.24) is 9.38 Å². The lowest BCUT2D eigenvalue weighted by molar-refractivity contribution is 0.172. The maximum absolute atomic E-state index is 10.8. The summed E-state index contributed by atoms with van der Waals surface area (Å²) in [6, 6.07) is 5.42. The number of hydrogen-bond donors (Lipinski definition) is 1. The van der Waals surface area contributed by atoms with Gasteiger partial charge in [-0.05, 0) is 36.5 Å². The number of imidazole rings is 1. The molecule has 3 aromatic rings. The monoisotopic (exact) mass is 352 g/mol. The third-order valence-corrected chi connectivity index (χ3v) is 6.04. The van der Waals surface area contributed by atoms with Crippen molar-refractivity contribution in [3.05, 3.63) is 56.9 Å². The molecular formula is C16H14Cl2N2OS. The Balaban J connectivity index is 1.75. The van der Waals surface area contributed by atoms with Crippen molar-refractivity contribution < 1.29 is 5.11 Å². The summed E-state index contributed by atoms with van der Waals surface area (Å²) in [6.07, 6.45) is 5.77. The smallest absolute Gasteiger partial charge is 0.120 e. The third kappa shape index (κ3) is 2.44. The van der Waals surface area contributed by atoms with Crippen molar-refractivity contribution in [2.24, 2.45) is 0 Å². The van der Waals surface area contributed by atoms with Crippen LogP contribution in [0.4, 0.5) is 0 Å². The Labute approximate surface area is 142 Å². The normalized spacial score (nSPS) is 16.3. The molecule has 1 atom stereocenters. The lowest BCUT2D eigenvalue weighted by Gasteiger charge is -2.14. The lowest BCUT2D eigenvalue weighted by atomic mass is 10.0. The van der Waals surface area contributed by atoms with E-state index in [4.69, 9.17) is 23.2 Å². The number of nitrogens with zero attached hydrogens (tertiary/aromatic N) is 2. The molecule has 1 fully saturated rings. The topological polar surface area (TPSA) is 37.5 Å². The highest BCUT2D eigenvalue weighted by molar-refractivity contribution is 7.17. The molecule has 0 amide bonds. The Kier molecular flexibility index (Phi) is 3.65. The highest BCUT2D eigenvalue weighted by Crippen LogP contribution is 2.47. The van der Waals surface area contributed by atoms with Gasteiger partial charge in [0.2, 0.25) is 0 Å². The number of aromatic nitrogens is 2. The maximum atomic E-state index is 10.8. The highest BCUT2D eigenvalue weighted by atomic mass is 35.5. The summed E-state index contributed by atoms with van der Waals surface area (Å²) in [5.74, 6) is 0.580. The molecule has 6 heteroatoms. The van der Waals surface area contributed by atoms with Crippen LogP contribution in [0, 0.1) is 0 Å². The van der Waals surface area contributed by atoms with Crippen LogP contribution in [-0.2, 0) is 6.42 Å². The van der Waals surface area contributed by atoms with Crippen LogP contribution in [0.1, 0.15) is 41.0 Å². The largest absolute Gasteiger partial charge is 0.386 e. The first kappa shape index (κ1) is 14.5. The van der Waals surface area contributed by atoms with Crippen molar-refractivity contribution in [3.8, 4) is 0 Å². The molecule has 1 saturated carbocycles. The number of thiazole rings is 1. The van der Waals surface area contributed by atoms with Crippen LogP contribution < -0.4 is 0 Å². The molecule has 2 aromatic heterocycles. The second kappa shape index (κ2) is 5.53. The first-order valence-corrected chi connectivity index (χ1v) is 8.78. The lowest BCUT2D eigenvalue weighted by Crippen LogP contribution is -2.08. The van der Waals surface area contributed by atoms with E-state index in [1.54, 1.807) is 29.8 Å². The van der Waals surface area contributed by atoms with Crippen molar-refractivity contribution in [2.75, 3.05) is 0 Å². The predicted octanol–water partition coefficient (Wildman–Crippen LogP) is 4.86. The fourth-order valence-electron chi connectivity index (χ4n) is 2.80. The van der Waals surface area contributed by atoms with E-state index in [9.17, 15) is 5.11 Å². The van der Waals surface area contributed by atoms with Gasteiger partial charge in [0.1, 0.15) is 11.2 Å². The van der Waals surface area contributed by atoms with Crippen molar-refractivity contribution >= 4 is 39.4 Å². The highest BCUT2D eigenvalue weighted by Gasteiger charge is 2.32. The third-order valence-electron chi connectivity index (χ3n) is 4.05. The minimum atomic E-state index is -0.643. The second-order valence-electron chi connectivity index (χ2n) is 5.65. The Morgan fingerprint density at radius 1 is 1.32 bits per heavy atom. The SMILES string of the molecule is OC(Cc1c(Cl)cccc1Cl)c1c(C2CC2)sc2cncn12. The molecule has 0 saturated heterocycles. The predicted molar refractivity (Wildman–Crippen MR) is 90.2 cm³/mol. The first-order chi connectivity index (χ1) is 10.6. The number of aliphatic hydroxyl groups excluding tert-OH is 1. The Bertz CT molecular complexity index is 818. The molecule has 0 spiro atoms. The van der Waals surface area contributed by atoms with Gasteiger partial charge in [-0.1, -0.05) is 29.3 Å². The van der Waals surface area contributed by atoms with Gasteiger partial charge in [0.15, 0.2) is 0 Å². The second-order valence-corrected chi connectivity index (χ2v) is 7.52. The van der Waals surface area contributed by atoms with E-state index in [-0.39, 0.29) is 0 Å². The van der Waals surface area contributed by atoms with Crippen LogP contribution in [-0.4, -0.2) is 14.5 Å². The van der Waals surface area contributed by atoms with E-state index in [2.05, 4.69) is 4.98 Å². The number of hydrogen-bond acceptors (Lipinski definition) is 3.